The molecule has 1 saturated heterocycles. The Labute approximate surface area is 107 Å². The molecule has 0 spiro atoms. The van der Waals surface area contributed by atoms with Gasteiger partial charge in [-0.25, -0.2) is 9.52 Å². The number of carbonyl (C=O) groups excluding carboxylic acids is 1. The summed E-state index contributed by atoms with van der Waals surface area (Å²) in [5, 5.41) is 0. The summed E-state index contributed by atoms with van der Waals surface area (Å²) in [4.78, 5) is 11.0. The van der Waals surface area contributed by atoms with E-state index in [4.69, 9.17) is 10.5 Å². The number of nitrogens with zero attached hydrogens (tertiary/aromatic N) is 1. The molecular formula is C9H19N3O5S. The molecule has 1 atom stereocenters. The van der Waals surface area contributed by atoms with E-state index >= 15 is 0 Å². The molecule has 1 heterocycles. The maximum atomic E-state index is 11.9. The third-order valence-electron chi connectivity index (χ3n) is 2.45. The third-order valence-corrected chi connectivity index (χ3v) is 3.83. The first-order valence-electron chi connectivity index (χ1n) is 5.44. The lowest BCUT2D eigenvalue weighted by atomic mass is 10.1. The summed E-state index contributed by atoms with van der Waals surface area (Å²) in [6.45, 7) is 3.96. The summed E-state index contributed by atoms with van der Waals surface area (Å²) in [6, 6.07) is 0. The Hall–Kier alpha value is -0.900. The van der Waals surface area contributed by atoms with Crippen LogP contribution in [0, 0.1) is 0 Å². The number of amides is 1. The van der Waals surface area contributed by atoms with Gasteiger partial charge in [-0.3, -0.25) is 0 Å². The van der Waals surface area contributed by atoms with Gasteiger partial charge < -0.3 is 15.2 Å². The lowest BCUT2D eigenvalue weighted by Crippen LogP contribution is -2.58. The van der Waals surface area contributed by atoms with E-state index in [1.54, 1.807) is 18.6 Å². The average molecular weight is 281 g/mol. The molecule has 0 radical (unpaired) electrons. The minimum absolute atomic E-state index is 0.103. The Morgan fingerprint density at radius 2 is 2.22 bits per heavy atom. The van der Waals surface area contributed by atoms with Crippen molar-refractivity contribution >= 4 is 16.3 Å². The van der Waals surface area contributed by atoms with E-state index in [0.29, 0.717) is 0 Å². The molecular weight excluding hydrogens is 262 g/mol. The molecule has 1 amide bonds. The van der Waals surface area contributed by atoms with Crippen LogP contribution in [-0.2, 0) is 19.7 Å². The molecule has 0 aromatic carbocycles. The number of rotatable bonds is 3. The summed E-state index contributed by atoms with van der Waals surface area (Å²) in [6.07, 6.45) is -1.42. The van der Waals surface area contributed by atoms with Crippen LogP contribution in [0.1, 0.15) is 13.8 Å². The molecule has 3 N–H and O–H groups in total. The summed E-state index contributed by atoms with van der Waals surface area (Å²) in [7, 11) is -2.84. The summed E-state index contributed by atoms with van der Waals surface area (Å²) in [5.74, 6) is 0. The highest BCUT2D eigenvalue weighted by atomic mass is 32.2. The Bertz CT molecular complexity index is 408. The molecule has 0 aliphatic carbocycles. The largest absolute Gasteiger partial charge is 0.452 e. The molecule has 0 aromatic heterocycles. The minimum Gasteiger partial charge on any atom is -0.452 e. The van der Waals surface area contributed by atoms with Crippen LogP contribution in [-0.4, -0.2) is 57.3 Å². The standard InChI is InChI=1S/C9H19N3O5S/c1-9(2)6-12(5-7(4-10)17-9)18(14,15)11-8(13)16-3/h7H,4-6,10H2,1-3H3,(H,11,13). The van der Waals surface area contributed by atoms with Gasteiger partial charge >= 0.3 is 16.3 Å². The second-order valence-electron chi connectivity index (χ2n) is 4.63. The summed E-state index contributed by atoms with van der Waals surface area (Å²) in [5.41, 5.74) is 4.84. The van der Waals surface area contributed by atoms with Crippen molar-refractivity contribution in [2.45, 2.75) is 25.6 Å². The van der Waals surface area contributed by atoms with Gasteiger partial charge in [-0.2, -0.15) is 12.7 Å². The van der Waals surface area contributed by atoms with Gasteiger partial charge in [0.2, 0.25) is 0 Å². The summed E-state index contributed by atoms with van der Waals surface area (Å²) < 4.78 is 36.6. The van der Waals surface area contributed by atoms with Crippen LogP contribution in [0.25, 0.3) is 0 Å². The molecule has 8 nitrogen and oxygen atoms in total. The number of morpholine rings is 1. The zero-order chi connectivity index (χ0) is 14.0. The Kier molecular flexibility index (Phi) is 4.54. The number of ether oxygens (including phenoxy) is 2. The highest BCUT2D eigenvalue weighted by molar-refractivity contribution is 7.87. The van der Waals surface area contributed by atoms with Crippen molar-refractivity contribution in [2.24, 2.45) is 5.73 Å². The van der Waals surface area contributed by atoms with Gasteiger partial charge in [-0.1, -0.05) is 0 Å². The number of nitrogens with two attached hydrogens (primary N) is 1. The number of hydrogen-bond acceptors (Lipinski definition) is 6. The summed E-state index contributed by atoms with van der Waals surface area (Å²) >= 11 is 0. The normalized spacial score (nSPS) is 24.6. The van der Waals surface area contributed by atoms with Crippen LogP contribution < -0.4 is 10.5 Å². The molecule has 1 rings (SSSR count). The fraction of sp³-hybridized carbons (Fsp3) is 0.889. The maximum Gasteiger partial charge on any atom is 0.421 e. The van der Waals surface area contributed by atoms with Crippen LogP contribution in [0.3, 0.4) is 0 Å². The van der Waals surface area contributed by atoms with E-state index in [-0.39, 0.29) is 19.6 Å². The van der Waals surface area contributed by atoms with Crippen molar-refractivity contribution < 1.29 is 22.7 Å². The first-order valence-corrected chi connectivity index (χ1v) is 6.88. The van der Waals surface area contributed by atoms with Crippen LogP contribution >= 0.6 is 0 Å². The fourth-order valence-electron chi connectivity index (χ4n) is 1.76. The molecule has 0 saturated carbocycles. The van der Waals surface area contributed by atoms with E-state index in [1.165, 1.54) is 0 Å². The van der Waals surface area contributed by atoms with Gasteiger partial charge in [0, 0.05) is 19.6 Å². The lowest BCUT2D eigenvalue weighted by molar-refractivity contribution is -0.113. The predicted molar refractivity (Wildman–Crippen MR) is 64.0 cm³/mol. The van der Waals surface area contributed by atoms with Crippen molar-refractivity contribution in [1.82, 2.24) is 9.03 Å². The fourth-order valence-corrected chi connectivity index (χ4v) is 3.03. The predicted octanol–water partition coefficient (Wildman–Crippen LogP) is -0.975. The van der Waals surface area contributed by atoms with Crippen molar-refractivity contribution in [1.29, 1.82) is 0 Å². The van der Waals surface area contributed by atoms with E-state index in [9.17, 15) is 13.2 Å². The molecule has 106 valence electrons. The van der Waals surface area contributed by atoms with Crippen LogP contribution in [0.4, 0.5) is 4.79 Å². The minimum atomic E-state index is -3.94. The molecule has 1 fully saturated rings. The highest BCUT2D eigenvalue weighted by Gasteiger charge is 2.39. The van der Waals surface area contributed by atoms with Gasteiger partial charge in [0.15, 0.2) is 0 Å². The topological polar surface area (TPSA) is 111 Å². The molecule has 18 heavy (non-hydrogen) atoms. The Morgan fingerprint density at radius 3 is 2.72 bits per heavy atom. The average Bonchev–Trinajstić information content (AvgIpc) is 2.26. The van der Waals surface area contributed by atoms with Crippen LogP contribution in [0.15, 0.2) is 0 Å². The Balaban J connectivity index is 2.84. The zero-order valence-corrected chi connectivity index (χ0v) is 11.5. The quantitative estimate of drug-likeness (QED) is 0.688. The second-order valence-corrected chi connectivity index (χ2v) is 6.30. The third kappa shape index (κ3) is 3.80. The van der Waals surface area contributed by atoms with Crippen molar-refractivity contribution in [2.75, 3.05) is 26.7 Å². The van der Waals surface area contributed by atoms with Crippen molar-refractivity contribution in [3.05, 3.63) is 0 Å². The maximum absolute atomic E-state index is 11.9. The highest BCUT2D eigenvalue weighted by Crippen LogP contribution is 2.22. The van der Waals surface area contributed by atoms with Crippen molar-refractivity contribution in [3.8, 4) is 0 Å². The lowest BCUT2D eigenvalue weighted by Gasteiger charge is -2.41. The first kappa shape index (κ1) is 15.2. The number of hydrogen-bond donors (Lipinski definition) is 2. The van der Waals surface area contributed by atoms with Crippen LogP contribution in [0.2, 0.25) is 0 Å². The Morgan fingerprint density at radius 1 is 1.61 bits per heavy atom. The SMILES string of the molecule is COC(=O)NS(=O)(=O)N1CC(CN)OC(C)(C)C1. The monoisotopic (exact) mass is 281 g/mol. The first-order chi connectivity index (χ1) is 8.20. The van der Waals surface area contributed by atoms with Gasteiger partial charge in [0.05, 0.1) is 18.8 Å². The molecule has 9 heteroatoms. The number of carbonyl (C=O) groups is 1. The molecule has 1 aliphatic heterocycles. The molecule has 1 unspecified atom stereocenters. The number of nitrogens with one attached hydrogen (secondary N) is 1. The van der Waals surface area contributed by atoms with E-state index in [2.05, 4.69) is 4.74 Å². The molecule has 0 aromatic rings. The smallest absolute Gasteiger partial charge is 0.421 e. The van der Waals surface area contributed by atoms with E-state index in [1.807, 2.05) is 0 Å². The molecule has 1 aliphatic rings. The van der Waals surface area contributed by atoms with Gasteiger partial charge in [-0.15, -0.1) is 0 Å². The van der Waals surface area contributed by atoms with E-state index < -0.39 is 28.0 Å². The van der Waals surface area contributed by atoms with Gasteiger partial charge in [0.25, 0.3) is 0 Å². The second kappa shape index (κ2) is 5.39. The molecule has 0 bridgehead atoms. The zero-order valence-electron chi connectivity index (χ0n) is 10.7. The van der Waals surface area contributed by atoms with Crippen molar-refractivity contribution in [3.63, 3.8) is 0 Å². The van der Waals surface area contributed by atoms with Gasteiger partial charge in [-0.05, 0) is 13.8 Å². The van der Waals surface area contributed by atoms with E-state index in [0.717, 1.165) is 11.4 Å². The number of methoxy groups -OCH3 is 1. The van der Waals surface area contributed by atoms with Crippen LogP contribution in [0.5, 0.6) is 0 Å². The van der Waals surface area contributed by atoms with Gasteiger partial charge in [0.1, 0.15) is 0 Å².